The van der Waals surface area contributed by atoms with E-state index in [4.69, 9.17) is 0 Å². The summed E-state index contributed by atoms with van der Waals surface area (Å²) in [6, 6.07) is 4.22. The third kappa shape index (κ3) is 1.51. The van der Waals surface area contributed by atoms with E-state index in [1.165, 1.54) is 22.6 Å². The lowest BCUT2D eigenvalue weighted by Gasteiger charge is -2.28. The number of aryl methyl sites for hydroxylation is 1. The van der Waals surface area contributed by atoms with Crippen molar-refractivity contribution in [3.63, 3.8) is 0 Å². The van der Waals surface area contributed by atoms with Crippen LogP contribution < -0.4 is 0 Å². The second kappa shape index (κ2) is 3.67. The summed E-state index contributed by atoms with van der Waals surface area (Å²) in [6.45, 7) is 4.29. The van der Waals surface area contributed by atoms with Crippen LogP contribution in [0, 0.1) is 12.8 Å². The zero-order chi connectivity index (χ0) is 10.2. The number of hydrogen-bond acceptors (Lipinski definition) is 2. The molecule has 1 N–H and O–H groups in total. The Balaban J connectivity index is 2.31. The molecule has 1 aliphatic carbocycles. The van der Waals surface area contributed by atoms with Crippen molar-refractivity contribution < 1.29 is 5.11 Å². The van der Waals surface area contributed by atoms with Crippen LogP contribution in [0.3, 0.4) is 0 Å². The first-order chi connectivity index (χ1) is 6.66. The summed E-state index contributed by atoms with van der Waals surface area (Å²) in [5.74, 6) is 0.473. The Morgan fingerprint density at radius 3 is 2.93 bits per heavy atom. The van der Waals surface area contributed by atoms with E-state index in [9.17, 15) is 5.11 Å². The Labute approximate surface area is 89.8 Å². The lowest BCUT2D eigenvalue weighted by molar-refractivity contribution is -0.000344. The molecule has 0 bridgehead atoms. The summed E-state index contributed by atoms with van der Waals surface area (Å²) in [5, 5.41) is 10.6. The van der Waals surface area contributed by atoms with E-state index in [1.807, 2.05) is 0 Å². The molecule has 0 aromatic carbocycles. The van der Waals surface area contributed by atoms with Crippen LogP contribution in [0.15, 0.2) is 12.1 Å². The fraction of sp³-hybridized carbons (Fsp3) is 0.667. The Morgan fingerprint density at radius 2 is 2.36 bits per heavy atom. The molecule has 1 heterocycles. The van der Waals surface area contributed by atoms with Crippen molar-refractivity contribution in [3.05, 3.63) is 21.9 Å². The van der Waals surface area contributed by atoms with Crippen LogP contribution in [-0.4, -0.2) is 5.11 Å². The fourth-order valence-corrected chi connectivity index (χ4v) is 3.66. The van der Waals surface area contributed by atoms with Crippen molar-refractivity contribution >= 4 is 11.3 Å². The second-order valence-corrected chi connectivity index (χ2v) is 5.62. The minimum Gasteiger partial charge on any atom is -0.384 e. The Morgan fingerprint density at radius 1 is 1.57 bits per heavy atom. The Bertz CT molecular complexity index is 318. The van der Waals surface area contributed by atoms with Crippen LogP contribution >= 0.6 is 11.3 Å². The molecule has 0 aliphatic heterocycles. The van der Waals surface area contributed by atoms with E-state index < -0.39 is 5.60 Å². The molecule has 1 fully saturated rings. The van der Waals surface area contributed by atoms with Gasteiger partial charge < -0.3 is 5.11 Å². The van der Waals surface area contributed by atoms with E-state index in [1.54, 1.807) is 11.3 Å². The molecule has 2 atom stereocenters. The summed E-state index contributed by atoms with van der Waals surface area (Å²) < 4.78 is 0. The highest BCUT2D eigenvalue weighted by Crippen LogP contribution is 2.47. The summed E-state index contributed by atoms with van der Waals surface area (Å²) in [7, 11) is 0. The first-order valence-corrected chi connectivity index (χ1v) is 6.27. The smallest absolute Gasteiger partial charge is 0.102 e. The predicted octanol–water partition coefficient (Wildman–Crippen LogP) is 3.45. The molecule has 1 saturated carbocycles. The lowest BCUT2D eigenvalue weighted by atomic mass is 9.87. The SMILES string of the molecule is CCC1CCCC1(O)c1ccc(C)s1. The van der Waals surface area contributed by atoms with Crippen LogP contribution in [0.4, 0.5) is 0 Å². The molecule has 2 heteroatoms. The molecule has 1 aromatic rings. The standard InChI is InChI=1S/C12H18OS/c1-3-10-5-4-8-12(10,13)11-7-6-9(2)14-11/h6-7,10,13H,3-5,8H2,1-2H3. The highest BCUT2D eigenvalue weighted by atomic mass is 32.1. The van der Waals surface area contributed by atoms with Gasteiger partial charge in [0.15, 0.2) is 0 Å². The van der Waals surface area contributed by atoms with Crippen molar-refractivity contribution in [3.8, 4) is 0 Å². The first-order valence-electron chi connectivity index (χ1n) is 5.46. The van der Waals surface area contributed by atoms with E-state index in [0.717, 1.165) is 12.8 Å². The van der Waals surface area contributed by atoms with Crippen molar-refractivity contribution in [1.29, 1.82) is 0 Å². The summed E-state index contributed by atoms with van der Waals surface area (Å²) in [4.78, 5) is 2.48. The monoisotopic (exact) mass is 210 g/mol. The van der Waals surface area contributed by atoms with Gasteiger partial charge in [-0.15, -0.1) is 11.3 Å². The first kappa shape index (κ1) is 10.2. The molecule has 0 spiro atoms. The van der Waals surface area contributed by atoms with Gasteiger partial charge in [0.1, 0.15) is 5.60 Å². The van der Waals surface area contributed by atoms with Crippen molar-refractivity contribution in [2.75, 3.05) is 0 Å². The van der Waals surface area contributed by atoms with Gasteiger partial charge in [-0.3, -0.25) is 0 Å². The van der Waals surface area contributed by atoms with Crippen molar-refractivity contribution in [2.24, 2.45) is 5.92 Å². The van der Waals surface area contributed by atoms with Gasteiger partial charge in [-0.25, -0.2) is 0 Å². The van der Waals surface area contributed by atoms with Gasteiger partial charge in [0, 0.05) is 9.75 Å². The van der Waals surface area contributed by atoms with Crippen LogP contribution in [0.5, 0.6) is 0 Å². The van der Waals surface area contributed by atoms with Gasteiger partial charge in [0.2, 0.25) is 0 Å². The zero-order valence-electron chi connectivity index (χ0n) is 8.92. The third-order valence-corrected chi connectivity index (χ3v) is 4.61. The van der Waals surface area contributed by atoms with Gasteiger partial charge >= 0.3 is 0 Å². The highest BCUT2D eigenvalue weighted by molar-refractivity contribution is 7.12. The lowest BCUT2D eigenvalue weighted by Crippen LogP contribution is -2.28. The molecule has 1 aliphatic rings. The molecule has 14 heavy (non-hydrogen) atoms. The Hall–Kier alpha value is -0.340. The maximum absolute atomic E-state index is 10.6. The van der Waals surface area contributed by atoms with Gasteiger partial charge in [0.25, 0.3) is 0 Å². The number of thiophene rings is 1. The van der Waals surface area contributed by atoms with Gasteiger partial charge in [-0.2, -0.15) is 0 Å². The van der Waals surface area contributed by atoms with Crippen LogP contribution in [0.1, 0.15) is 42.4 Å². The topological polar surface area (TPSA) is 20.2 Å². The molecule has 2 unspecified atom stereocenters. The van der Waals surface area contributed by atoms with Gasteiger partial charge in [-0.1, -0.05) is 13.3 Å². The van der Waals surface area contributed by atoms with E-state index in [0.29, 0.717) is 5.92 Å². The fourth-order valence-electron chi connectivity index (χ4n) is 2.59. The van der Waals surface area contributed by atoms with E-state index in [-0.39, 0.29) is 0 Å². The average molecular weight is 210 g/mol. The normalized spacial score (nSPS) is 32.4. The summed E-state index contributed by atoms with van der Waals surface area (Å²) in [6.07, 6.45) is 4.40. The van der Waals surface area contributed by atoms with E-state index >= 15 is 0 Å². The zero-order valence-corrected chi connectivity index (χ0v) is 9.73. The molecular formula is C12H18OS. The Kier molecular flexibility index (Phi) is 2.67. The molecule has 0 amide bonds. The molecule has 2 rings (SSSR count). The summed E-state index contributed by atoms with van der Waals surface area (Å²) in [5.41, 5.74) is -0.506. The predicted molar refractivity (Wildman–Crippen MR) is 60.6 cm³/mol. The molecule has 0 radical (unpaired) electrons. The molecule has 0 saturated heterocycles. The summed E-state index contributed by atoms with van der Waals surface area (Å²) >= 11 is 1.75. The van der Waals surface area contributed by atoms with Crippen molar-refractivity contribution in [1.82, 2.24) is 0 Å². The highest BCUT2D eigenvalue weighted by Gasteiger charge is 2.42. The van der Waals surface area contributed by atoms with Crippen LogP contribution in [0.2, 0.25) is 0 Å². The van der Waals surface area contributed by atoms with Gasteiger partial charge in [-0.05, 0) is 44.2 Å². The third-order valence-electron chi connectivity index (χ3n) is 3.45. The second-order valence-electron chi connectivity index (χ2n) is 4.33. The van der Waals surface area contributed by atoms with Crippen molar-refractivity contribution in [2.45, 2.75) is 45.1 Å². The minimum atomic E-state index is -0.506. The maximum atomic E-state index is 10.6. The van der Waals surface area contributed by atoms with Gasteiger partial charge in [0.05, 0.1) is 0 Å². The quantitative estimate of drug-likeness (QED) is 0.792. The largest absolute Gasteiger partial charge is 0.384 e. The van der Waals surface area contributed by atoms with E-state index in [2.05, 4.69) is 26.0 Å². The number of rotatable bonds is 2. The number of aliphatic hydroxyl groups is 1. The van der Waals surface area contributed by atoms with Crippen LogP contribution in [-0.2, 0) is 5.60 Å². The molecule has 78 valence electrons. The average Bonchev–Trinajstić information content (AvgIpc) is 2.72. The number of hydrogen-bond donors (Lipinski definition) is 1. The maximum Gasteiger partial charge on any atom is 0.102 e. The molecular weight excluding hydrogens is 192 g/mol. The molecule has 1 aromatic heterocycles. The van der Waals surface area contributed by atoms with Crippen LogP contribution in [0.25, 0.3) is 0 Å². The molecule has 1 nitrogen and oxygen atoms in total. The minimum absolute atomic E-state index is 0.473.